The van der Waals surface area contributed by atoms with Gasteiger partial charge in [0, 0.05) is 17.6 Å². The zero-order valence-electron chi connectivity index (χ0n) is 11.8. The van der Waals surface area contributed by atoms with Crippen molar-refractivity contribution in [1.29, 1.82) is 0 Å². The lowest BCUT2D eigenvalue weighted by molar-refractivity contribution is -0.113. The second kappa shape index (κ2) is 6.20. The molecule has 101 valence electrons. The van der Waals surface area contributed by atoms with Crippen molar-refractivity contribution in [3.63, 3.8) is 0 Å². The van der Waals surface area contributed by atoms with Gasteiger partial charge in [-0.05, 0) is 29.3 Å². The first-order chi connectivity index (χ1) is 9.67. The fourth-order valence-electron chi connectivity index (χ4n) is 2.07. The Balaban J connectivity index is 2.52. The molecule has 2 heteroatoms. The average molecular weight is 265 g/mol. The molecule has 20 heavy (non-hydrogen) atoms. The lowest BCUT2D eigenvalue weighted by Gasteiger charge is -2.11. The summed E-state index contributed by atoms with van der Waals surface area (Å²) < 4.78 is 5.25. The maximum Gasteiger partial charge on any atom is 0.162 e. The largest absolute Gasteiger partial charge is 0.497 e. The average Bonchev–Trinajstić information content (AvgIpc) is 2.53. The van der Waals surface area contributed by atoms with Gasteiger partial charge in [0.15, 0.2) is 5.78 Å². The molecular weight excluding hydrogens is 248 g/mol. The molecule has 0 saturated carbocycles. The predicted molar refractivity (Wildman–Crippen MR) is 81.6 cm³/mol. The molecular formula is C18H17O2. The molecule has 2 aromatic carbocycles. The van der Waals surface area contributed by atoms with Crippen LogP contribution in [0.5, 0.6) is 5.75 Å². The zero-order chi connectivity index (χ0) is 14.5. The minimum Gasteiger partial charge on any atom is -0.497 e. The molecule has 0 N–H and O–H groups in total. The van der Waals surface area contributed by atoms with Crippen LogP contribution in [0.25, 0.3) is 16.7 Å². The van der Waals surface area contributed by atoms with E-state index in [2.05, 4.69) is 12.6 Å². The summed E-state index contributed by atoms with van der Waals surface area (Å²) in [6.45, 7) is 5.75. The molecule has 2 aromatic rings. The Labute approximate surface area is 119 Å². The molecule has 0 heterocycles. The molecule has 1 radical (unpaired) electrons. The van der Waals surface area contributed by atoms with Crippen molar-refractivity contribution in [1.82, 2.24) is 0 Å². The Morgan fingerprint density at radius 3 is 2.80 bits per heavy atom. The van der Waals surface area contributed by atoms with Crippen LogP contribution < -0.4 is 4.74 Å². The van der Waals surface area contributed by atoms with Crippen LogP contribution in [0.3, 0.4) is 0 Å². The first-order valence-corrected chi connectivity index (χ1v) is 6.55. The van der Waals surface area contributed by atoms with Crippen molar-refractivity contribution >= 4 is 11.4 Å². The minimum atomic E-state index is 0.0385. The van der Waals surface area contributed by atoms with E-state index in [0.29, 0.717) is 12.0 Å². The van der Waals surface area contributed by atoms with Gasteiger partial charge in [-0.1, -0.05) is 43.8 Å². The zero-order valence-corrected chi connectivity index (χ0v) is 11.8. The van der Waals surface area contributed by atoms with Crippen molar-refractivity contribution in [2.24, 2.45) is 0 Å². The monoisotopic (exact) mass is 265 g/mol. The first kappa shape index (κ1) is 14.1. The SMILES string of the molecule is C=C(C(=O)CC)c1[c]cccc1-c1cccc(OC)c1. The van der Waals surface area contributed by atoms with Gasteiger partial charge >= 0.3 is 0 Å². The summed E-state index contributed by atoms with van der Waals surface area (Å²) in [6, 6.07) is 16.5. The Hall–Kier alpha value is -2.35. The summed E-state index contributed by atoms with van der Waals surface area (Å²) in [5.41, 5.74) is 3.19. The number of carbonyl (C=O) groups is 1. The molecule has 0 fully saturated rings. The Bertz CT molecular complexity index is 641. The van der Waals surface area contributed by atoms with E-state index in [0.717, 1.165) is 22.4 Å². The first-order valence-electron chi connectivity index (χ1n) is 6.55. The summed E-state index contributed by atoms with van der Waals surface area (Å²) in [6.07, 6.45) is 0.444. The Morgan fingerprint density at radius 1 is 1.30 bits per heavy atom. The van der Waals surface area contributed by atoms with Gasteiger partial charge in [-0.15, -0.1) is 0 Å². The van der Waals surface area contributed by atoms with Crippen LogP contribution in [-0.4, -0.2) is 12.9 Å². The van der Waals surface area contributed by atoms with Gasteiger partial charge in [0.2, 0.25) is 0 Å². The highest BCUT2D eigenvalue weighted by Gasteiger charge is 2.13. The van der Waals surface area contributed by atoms with Gasteiger partial charge in [-0.3, -0.25) is 4.79 Å². The van der Waals surface area contributed by atoms with Crippen molar-refractivity contribution in [2.75, 3.05) is 7.11 Å². The van der Waals surface area contributed by atoms with E-state index in [-0.39, 0.29) is 5.78 Å². The molecule has 0 atom stereocenters. The third kappa shape index (κ3) is 2.80. The third-order valence-electron chi connectivity index (χ3n) is 3.20. The van der Waals surface area contributed by atoms with Crippen LogP contribution in [0.15, 0.2) is 49.0 Å². The van der Waals surface area contributed by atoms with Crippen molar-refractivity contribution < 1.29 is 9.53 Å². The highest BCUT2D eigenvalue weighted by atomic mass is 16.5. The smallest absolute Gasteiger partial charge is 0.162 e. The highest BCUT2D eigenvalue weighted by molar-refractivity contribution is 6.21. The van der Waals surface area contributed by atoms with Crippen molar-refractivity contribution in [3.05, 3.63) is 60.7 Å². The van der Waals surface area contributed by atoms with E-state index in [4.69, 9.17) is 4.74 Å². The number of Topliss-reactive ketones (excluding diaryl/α,β-unsaturated/α-hetero) is 1. The van der Waals surface area contributed by atoms with Gasteiger partial charge in [-0.25, -0.2) is 0 Å². The van der Waals surface area contributed by atoms with Gasteiger partial charge in [0.05, 0.1) is 7.11 Å². The number of hydrogen-bond donors (Lipinski definition) is 0. The van der Waals surface area contributed by atoms with Crippen molar-refractivity contribution in [3.8, 4) is 16.9 Å². The molecule has 2 nitrogen and oxygen atoms in total. The maximum absolute atomic E-state index is 11.9. The molecule has 0 unspecified atom stereocenters. The van der Waals surface area contributed by atoms with Crippen LogP contribution >= 0.6 is 0 Å². The van der Waals surface area contributed by atoms with Crippen LogP contribution in [0.1, 0.15) is 18.9 Å². The number of ether oxygens (including phenoxy) is 1. The van der Waals surface area contributed by atoms with Crippen LogP contribution in [0.2, 0.25) is 0 Å². The minimum absolute atomic E-state index is 0.0385. The molecule has 0 saturated heterocycles. The molecule has 0 aromatic heterocycles. The summed E-state index contributed by atoms with van der Waals surface area (Å²) >= 11 is 0. The van der Waals surface area contributed by atoms with E-state index < -0.39 is 0 Å². The molecule has 0 aliphatic carbocycles. The summed E-state index contributed by atoms with van der Waals surface area (Å²) in [4.78, 5) is 11.9. The fourth-order valence-corrected chi connectivity index (χ4v) is 2.07. The molecule has 0 amide bonds. The van der Waals surface area contributed by atoms with Gasteiger partial charge in [0.25, 0.3) is 0 Å². The standard InChI is InChI=1S/C18H17O2/c1-4-18(19)13(2)16-10-5-6-11-17(16)14-8-7-9-15(12-14)20-3/h5-9,11-12H,2,4H2,1,3H3. The van der Waals surface area contributed by atoms with E-state index in [1.165, 1.54) is 0 Å². The summed E-state index contributed by atoms with van der Waals surface area (Å²) in [5, 5.41) is 0. The van der Waals surface area contributed by atoms with E-state index in [9.17, 15) is 4.79 Å². The molecule has 2 rings (SSSR count). The van der Waals surface area contributed by atoms with E-state index in [1.54, 1.807) is 13.2 Å². The van der Waals surface area contributed by atoms with Crippen LogP contribution in [0.4, 0.5) is 0 Å². The van der Waals surface area contributed by atoms with Gasteiger partial charge < -0.3 is 4.74 Å². The fraction of sp³-hybridized carbons (Fsp3) is 0.167. The second-order valence-corrected chi connectivity index (χ2v) is 4.45. The molecule has 0 spiro atoms. The van der Waals surface area contributed by atoms with Gasteiger partial charge in [-0.2, -0.15) is 0 Å². The molecule has 0 bridgehead atoms. The Kier molecular flexibility index (Phi) is 4.36. The van der Waals surface area contributed by atoms with E-state index >= 15 is 0 Å². The van der Waals surface area contributed by atoms with E-state index in [1.807, 2.05) is 43.3 Å². The number of carbonyl (C=O) groups excluding carboxylic acids is 1. The number of hydrogen-bond acceptors (Lipinski definition) is 2. The Morgan fingerprint density at radius 2 is 2.10 bits per heavy atom. The predicted octanol–water partition coefficient (Wildman–Crippen LogP) is 4.15. The van der Waals surface area contributed by atoms with Crippen LogP contribution in [0, 0.1) is 6.07 Å². The quantitative estimate of drug-likeness (QED) is 0.759. The number of ketones is 1. The third-order valence-corrected chi connectivity index (χ3v) is 3.20. The maximum atomic E-state index is 11.9. The normalized spacial score (nSPS) is 10.1. The number of allylic oxidation sites excluding steroid dienone is 1. The summed E-state index contributed by atoms with van der Waals surface area (Å²) in [5.74, 6) is 0.821. The number of methoxy groups -OCH3 is 1. The topological polar surface area (TPSA) is 26.3 Å². The lowest BCUT2D eigenvalue weighted by Crippen LogP contribution is -2.00. The van der Waals surface area contributed by atoms with Crippen molar-refractivity contribution in [2.45, 2.75) is 13.3 Å². The number of rotatable bonds is 5. The lowest BCUT2D eigenvalue weighted by atomic mass is 9.92. The number of benzene rings is 2. The second-order valence-electron chi connectivity index (χ2n) is 4.45. The van der Waals surface area contributed by atoms with Gasteiger partial charge in [0.1, 0.15) is 5.75 Å². The molecule has 0 aliphatic heterocycles. The summed E-state index contributed by atoms with van der Waals surface area (Å²) in [7, 11) is 1.64. The molecule has 0 aliphatic rings. The van der Waals surface area contributed by atoms with Crippen LogP contribution in [-0.2, 0) is 4.79 Å². The highest BCUT2D eigenvalue weighted by Crippen LogP contribution is 2.30.